The van der Waals surface area contributed by atoms with E-state index in [1.807, 2.05) is 0 Å². The average Bonchev–Trinajstić information content (AvgIpc) is 2.93. The molecule has 3 nitrogen and oxygen atoms in total. The van der Waals surface area contributed by atoms with Gasteiger partial charge in [-0.15, -0.1) is 0 Å². The second-order valence-electron chi connectivity index (χ2n) is 7.10. The lowest BCUT2D eigenvalue weighted by Gasteiger charge is -2.12. The second kappa shape index (κ2) is 14.9. The van der Waals surface area contributed by atoms with E-state index in [1.165, 1.54) is 94.1 Å². The minimum Gasteiger partial charge on any atom is -0.275 e. The highest BCUT2D eigenvalue weighted by atomic mass is 16.2. The molecule has 0 spiro atoms. The summed E-state index contributed by atoms with van der Waals surface area (Å²) in [6.07, 6.45) is 25.2. The summed E-state index contributed by atoms with van der Waals surface area (Å²) in [5, 5.41) is 0. The van der Waals surface area contributed by atoms with Gasteiger partial charge in [0.05, 0.1) is 0 Å². The number of unbranched alkanes of at least 4 members (excludes halogenated alkanes) is 12. The molecule has 0 bridgehead atoms. The number of amides is 2. The molecule has 0 aromatic carbocycles. The van der Waals surface area contributed by atoms with Gasteiger partial charge in [-0.2, -0.15) is 0 Å². The van der Waals surface area contributed by atoms with E-state index in [9.17, 15) is 9.59 Å². The molecule has 1 aliphatic rings. The van der Waals surface area contributed by atoms with Crippen LogP contribution in [-0.4, -0.2) is 23.3 Å². The van der Waals surface area contributed by atoms with Gasteiger partial charge in [-0.3, -0.25) is 14.5 Å². The van der Waals surface area contributed by atoms with Crippen LogP contribution in [0, 0.1) is 0 Å². The molecule has 142 valence electrons. The Balaban J connectivity index is 1.79. The number of carbonyl (C=O) groups excluding carboxylic acids is 2. The molecule has 0 fully saturated rings. The van der Waals surface area contributed by atoms with Crippen LogP contribution in [0.5, 0.6) is 0 Å². The van der Waals surface area contributed by atoms with E-state index in [0.717, 1.165) is 12.8 Å². The van der Waals surface area contributed by atoms with Gasteiger partial charge in [0.2, 0.25) is 0 Å². The SMILES string of the molecule is CCCCCCCCC/C=C/CCCCCCCN1C(=O)C=CC1=O. The molecule has 0 aromatic rings. The second-order valence-corrected chi connectivity index (χ2v) is 7.10. The molecule has 2 amide bonds. The van der Waals surface area contributed by atoms with Gasteiger partial charge in [-0.1, -0.05) is 76.9 Å². The van der Waals surface area contributed by atoms with Crippen LogP contribution in [0.3, 0.4) is 0 Å². The maximum absolute atomic E-state index is 11.4. The predicted octanol–water partition coefficient (Wildman–Crippen LogP) is 5.95. The van der Waals surface area contributed by atoms with Crippen molar-refractivity contribution in [2.75, 3.05) is 6.54 Å². The van der Waals surface area contributed by atoms with Crippen LogP contribution in [0.2, 0.25) is 0 Å². The molecule has 0 N–H and O–H groups in total. The number of carbonyl (C=O) groups is 2. The average molecular weight is 348 g/mol. The topological polar surface area (TPSA) is 37.4 Å². The Kier molecular flexibility index (Phi) is 12.9. The highest BCUT2D eigenvalue weighted by molar-refractivity contribution is 6.12. The third-order valence-electron chi connectivity index (χ3n) is 4.79. The van der Waals surface area contributed by atoms with E-state index >= 15 is 0 Å². The molecule has 0 saturated heterocycles. The van der Waals surface area contributed by atoms with Crippen molar-refractivity contribution in [3.63, 3.8) is 0 Å². The number of allylic oxidation sites excluding steroid dienone is 2. The summed E-state index contributed by atoms with van der Waals surface area (Å²) in [6, 6.07) is 0. The molecule has 1 aliphatic heterocycles. The summed E-state index contributed by atoms with van der Waals surface area (Å²) in [4.78, 5) is 24.1. The standard InChI is InChI=1S/C22H37NO2/c1-2-3-4-5-6-7-8-9-10-11-12-13-14-15-16-17-20-23-21(24)18-19-22(23)25/h10-11,18-19H,2-9,12-17,20H2,1H3/b11-10+. The van der Waals surface area contributed by atoms with Crippen molar-refractivity contribution in [3.8, 4) is 0 Å². The molecule has 1 rings (SSSR count). The van der Waals surface area contributed by atoms with E-state index in [4.69, 9.17) is 0 Å². The van der Waals surface area contributed by atoms with Crippen LogP contribution in [0.1, 0.15) is 96.8 Å². The Morgan fingerprint density at radius 3 is 1.64 bits per heavy atom. The van der Waals surface area contributed by atoms with Gasteiger partial charge >= 0.3 is 0 Å². The van der Waals surface area contributed by atoms with E-state index < -0.39 is 0 Å². The van der Waals surface area contributed by atoms with Crippen LogP contribution >= 0.6 is 0 Å². The number of hydrogen-bond donors (Lipinski definition) is 0. The summed E-state index contributed by atoms with van der Waals surface area (Å²) in [7, 11) is 0. The van der Waals surface area contributed by atoms with Crippen LogP contribution in [-0.2, 0) is 9.59 Å². The number of rotatable bonds is 16. The summed E-state index contributed by atoms with van der Waals surface area (Å²) >= 11 is 0. The molecule has 0 aromatic heterocycles. The Hall–Kier alpha value is -1.38. The summed E-state index contributed by atoms with van der Waals surface area (Å²) in [5.74, 6) is -0.313. The van der Waals surface area contributed by atoms with Crippen molar-refractivity contribution < 1.29 is 9.59 Å². The third kappa shape index (κ3) is 11.0. The van der Waals surface area contributed by atoms with Crippen molar-refractivity contribution in [3.05, 3.63) is 24.3 Å². The van der Waals surface area contributed by atoms with Crippen LogP contribution < -0.4 is 0 Å². The van der Waals surface area contributed by atoms with Crippen LogP contribution in [0.15, 0.2) is 24.3 Å². The minimum absolute atomic E-state index is 0.156. The zero-order valence-corrected chi connectivity index (χ0v) is 16.2. The van der Waals surface area contributed by atoms with Gasteiger partial charge in [-0.25, -0.2) is 0 Å². The lowest BCUT2D eigenvalue weighted by molar-refractivity contribution is -0.136. The zero-order chi connectivity index (χ0) is 18.2. The molecule has 1 heterocycles. The molecular weight excluding hydrogens is 310 g/mol. The third-order valence-corrected chi connectivity index (χ3v) is 4.79. The van der Waals surface area contributed by atoms with Crippen molar-refractivity contribution in [1.82, 2.24) is 4.90 Å². The monoisotopic (exact) mass is 347 g/mol. The lowest BCUT2D eigenvalue weighted by Crippen LogP contribution is -2.30. The molecular formula is C22H37NO2. The van der Waals surface area contributed by atoms with Crippen molar-refractivity contribution >= 4 is 11.8 Å². The quantitative estimate of drug-likeness (QED) is 0.196. The normalized spacial score (nSPS) is 14.4. The molecule has 0 atom stereocenters. The Morgan fingerprint density at radius 2 is 1.12 bits per heavy atom. The van der Waals surface area contributed by atoms with Gasteiger partial charge in [0, 0.05) is 18.7 Å². The Bertz CT molecular complexity index is 408. The van der Waals surface area contributed by atoms with Crippen LogP contribution in [0.25, 0.3) is 0 Å². The zero-order valence-electron chi connectivity index (χ0n) is 16.2. The lowest BCUT2D eigenvalue weighted by atomic mass is 10.1. The van der Waals surface area contributed by atoms with Crippen molar-refractivity contribution in [2.24, 2.45) is 0 Å². The fraction of sp³-hybridized carbons (Fsp3) is 0.727. The first-order valence-electron chi connectivity index (χ1n) is 10.4. The number of imide groups is 1. The van der Waals surface area contributed by atoms with Gasteiger partial charge in [-0.05, 0) is 32.1 Å². The van der Waals surface area contributed by atoms with Gasteiger partial charge in [0.25, 0.3) is 11.8 Å². The van der Waals surface area contributed by atoms with Gasteiger partial charge in [0.15, 0.2) is 0 Å². The fourth-order valence-corrected chi connectivity index (χ4v) is 3.17. The van der Waals surface area contributed by atoms with E-state index in [2.05, 4.69) is 19.1 Å². The summed E-state index contributed by atoms with van der Waals surface area (Å²) in [6.45, 7) is 2.84. The fourth-order valence-electron chi connectivity index (χ4n) is 3.17. The number of hydrogen-bond acceptors (Lipinski definition) is 2. The highest BCUT2D eigenvalue weighted by Gasteiger charge is 2.21. The molecule has 0 aliphatic carbocycles. The van der Waals surface area contributed by atoms with Crippen molar-refractivity contribution in [1.29, 1.82) is 0 Å². The van der Waals surface area contributed by atoms with Gasteiger partial charge in [0.1, 0.15) is 0 Å². The molecule has 0 unspecified atom stereocenters. The predicted molar refractivity (Wildman–Crippen MR) is 105 cm³/mol. The minimum atomic E-state index is -0.156. The molecule has 25 heavy (non-hydrogen) atoms. The highest BCUT2D eigenvalue weighted by Crippen LogP contribution is 2.11. The number of nitrogens with zero attached hydrogens (tertiary/aromatic N) is 1. The smallest absolute Gasteiger partial charge is 0.253 e. The summed E-state index contributed by atoms with van der Waals surface area (Å²) < 4.78 is 0. The van der Waals surface area contributed by atoms with Gasteiger partial charge < -0.3 is 0 Å². The first kappa shape index (κ1) is 21.7. The Morgan fingerprint density at radius 1 is 0.680 bits per heavy atom. The van der Waals surface area contributed by atoms with Crippen molar-refractivity contribution in [2.45, 2.75) is 96.8 Å². The maximum Gasteiger partial charge on any atom is 0.253 e. The first-order chi connectivity index (χ1) is 12.3. The van der Waals surface area contributed by atoms with Crippen LogP contribution in [0.4, 0.5) is 0 Å². The Labute approximate surface area is 154 Å². The largest absolute Gasteiger partial charge is 0.275 e. The molecule has 0 radical (unpaired) electrons. The molecule has 3 heteroatoms. The summed E-state index contributed by atoms with van der Waals surface area (Å²) in [5.41, 5.74) is 0. The van der Waals surface area contributed by atoms with E-state index in [-0.39, 0.29) is 11.8 Å². The molecule has 0 saturated carbocycles. The maximum atomic E-state index is 11.4. The van der Waals surface area contributed by atoms with E-state index in [1.54, 1.807) is 0 Å². The first-order valence-corrected chi connectivity index (χ1v) is 10.4. The van der Waals surface area contributed by atoms with E-state index in [0.29, 0.717) is 6.54 Å².